The molecule has 0 aromatic heterocycles. The summed E-state index contributed by atoms with van der Waals surface area (Å²) >= 11 is 0. The molecule has 6 nitrogen and oxygen atoms in total. The molecule has 0 atom stereocenters. The van der Waals surface area contributed by atoms with E-state index in [0.717, 1.165) is 18.5 Å². The predicted octanol–water partition coefficient (Wildman–Crippen LogP) is 1.35. The molecule has 0 bridgehead atoms. The molecule has 1 aliphatic heterocycles. The van der Waals surface area contributed by atoms with E-state index in [1.165, 1.54) is 25.0 Å². The number of amides is 1. The number of nitro groups is 1. The fraction of sp³-hybridized carbons (Fsp3) is 0.500. The number of rotatable bonds is 5. The summed E-state index contributed by atoms with van der Waals surface area (Å²) in [5.41, 5.74) is 1.37. The molecule has 20 heavy (non-hydrogen) atoms. The van der Waals surface area contributed by atoms with Crippen LogP contribution in [-0.2, 0) is 6.42 Å². The second kappa shape index (κ2) is 5.20. The van der Waals surface area contributed by atoms with Gasteiger partial charge in [0.05, 0.1) is 4.92 Å². The van der Waals surface area contributed by atoms with Gasteiger partial charge in [0.1, 0.15) is 0 Å². The van der Waals surface area contributed by atoms with E-state index in [2.05, 4.69) is 5.32 Å². The average molecular weight is 275 g/mol. The molecule has 1 aromatic rings. The van der Waals surface area contributed by atoms with Crippen molar-refractivity contribution in [3.05, 3.63) is 39.4 Å². The first-order chi connectivity index (χ1) is 9.65. The molecule has 0 spiro atoms. The summed E-state index contributed by atoms with van der Waals surface area (Å²) in [5.74, 6) is -0.0902. The number of non-ortho nitro benzene ring substituents is 1. The van der Waals surface area contributed by atoms with Gasteiger partial charge in [-0.05, 0) is 24.8 Å². The van der Waals surface area contributed by atoms with Gasteiger partial charge in [-0.1, -0.05) is 6.07 Å². The summed E-state index contributed by atoms with van der Waals surface area (Å²) in [5, 5.41) is 14.2. The number of carbonyl (C=O) groups is 1. The fourth-order valence-corrected chi connectivity index (χ4v) is 2.53. The number of hydrogen-bond acceptors (Lipinski definition) is 4. The third kappa shape index (κ3) is 2.65. The number of fused-ring (bicyclic) bond motifs is 1. The van der Waals surface area contributed by atoms with E-state index in [9.17, 15) is 14.9 Å². The summed E-state index contributed by atoms with van der Waals surface area (Å²) < 4.78 is 0. The van der Waals surface area contributed by atoms with Crippen LogP contribution >= 0.6 is 0 Å². The molecule has 1 amide bonds. The molecule has 3 rings (SSSR count). The quantitative estimate of drug-likeness (QED) is 0.650. The molecule has 6 heteroatoms. The van der Waals surface area contributed by atoms with Crippen LogP contribution in [0.3, 0.4) is 0 Å². The lowest BCUT2D eigenvalue weighted by Crippen LogP contribution is -2.41. The number of nitrogens with one attached hydrogen (secondary N) is 1. The fourth-order valence-electron chi connectivity index (χ4n) is 2.53. The summed E-state index contributed by atoms with van der Waals surface area (Å²) in [6, 6.07) is 5.20. The molecule has 106 valence electrons. The Balaban J connectivity index is 1.70. The van der Waals surface area contributed by atoms with Gasteiger partial charge in [0.25, 0.3) is 11.6 Å². The molecule has 0 unspecified atom stereocenters. The maximum Gasteiger partial charge on any atom is 0.270 e. The maximum absolute atomic E-state index is 12.4. The highest BCUT2D eigenvalue weighted by Gasteiger charge is 2.27. The molecular weight excluding hydrogens is 258 g/mol. The van der Waals surface area contributed by atoms with Crippen molar-refractivity contribution in [1.29, 1.82) is 0 Å². The van der Waals surface area contributed by atoms with E-state index >= 15 is 0 Å². The van der Waals surface area contributed by atoms with Gasteiger partial charge in [0, 0.05) is 43.4 Å². The van der Waals surface area contributed by atoms with Crippen LogP contribution in [0.15, 0.2) is 18.2 Å². The van der Waals surface area contributed by atoms with Crippen molar-refractivity contribution >= 4 is 11.6 Å². The van der Waals surface area contributed by atoms with Crippen molar-refractivity contribution in [2.75, 3.05) is 19.6 Å². The van der Waals surface area contributed by atoms with Crippen molar-refractivity contribution in [2.45, 2.75) is 25.3 Å². The van der Waals surface area contributed by atoms with Gasteiger partial charge in [-0.25, -0.2) is 0 Å². The van der Waals surface area contributed by atoms with Crippen LogP contribution < -0.4 is 5.32 Å². The van der Waals surface area contributed by atoms with Gasteiger partial charge in [-0.15, -0.1) is 0 Å². The van der Waals surface area contributed by atoms with Gasteiger partial charge in [0.2, 0.25) is 0 Å². The minimum absolute atomic E-state index is 0.0185. The minimum Gasteiger partial charge on any atom is -0.337 e. The topological polar surface area (TPSA) is 75.5 Å². The zero-order valence-electron chi connectivity index (χ0n) is 11.2. The first kappa shape index (κ1) is 13.1. The van der Waals surface area contributed by atoms with Crippen molar-refractivity contribution in [3.63, 3.8) is 0 Å². The summed E-state index contributed by atoms with van der Waals surface area (Å²) in [6.45, 7) is 2.15. The molecular formula is C14H17N3O3. The second-order valence-electron chi connectivity index (χ2n) is 5.37. The van der Waals surface area contributed by atoms with Crippen molar-refractivity contribution in [3.8, 4) is 0 Å². The SMILES string of the molecule is O=C1c2cc([N+](=O)[O-])ccc2CCN1CCNC1CC1. The molecule has 1 aromatic carbocycles. The number of nitro benzene ring substituents is 1. The maximum atomic E-state index is 12.4. The summed E-state index contributed by atoms with van der Waals surface area (Å²) in [4.78, 5) is 24.5. The molecule has 1 saturated carbocycles. The Morgan fingerprint density at radius 1 is 1.40 bits per heavy atom. The summed E-state index contributed by atoms with van der Waals surface area (Å²) in [7, 11) is 0. The van der Waals surface area contributed by atoms with E-state index in [1.807, 2.05) is 0 Å². The normalized spacial score (nSPS) is 18.0. The lowest BCUT2D eigenvalue weighted by Gasteiger charge is -2.28. The van der Waals surface area contributed by atoms with Crippen molar-refractivity contribution in [2.24, 2.45) is 0 Å². The van der Waals surface area contributed by atoms with Gasteiger partial charge < -0.3 is 10.2 Å². The van der Waals surface area contributed by atoms with E-state index in [4.69, 9.17) is 0 Å². The number of hydrogen-bond donors (Lipinski definition) is 1. The second-order valence-corrected chi connectivity index (χ2v) is 5.37. The molecule has 1 heterocycles. The standard InChI is InChI=1S/C14H17N3O3/c18-14-13-9-12(17(19)20)4-1-10(13)5-7-16(14)8-6-15-11-2-3-11/h1,4,9,11,15H,2-3,5-8H2. The minimum atomic E-state index is -0.457. The average Bonchev–Trinajstić information content (AvgIpc) is 3.25. The zero-order chi connectivity index (χ0) is 14.1. The Hall–Kier alpha value is -1.95. The van der Waals surface area contributed by atoms with Crippen LogP contribution in [0, 0.1) is 10.1 Å². The van der Waals surface area contributed by atoms with Crippen LogP contribution in [0.5, 0.6) is 0 Å². The molecule has 0 saturated heterocycles. The van der Waals surface area contributed by atoms with E-state index in [1.54, 1.807) is 11.0 Å². The smallest absolute Gasteiger partial charge is 0.270 e. The Kier molecular flexibility index (Phi) is 3.40. The highest BCUT2D eigenvalue weighted by Crippen LogP contribution is 2.24. The lowest BCUT2D eigenvalue weighted by atomic mass is 9.98. The number of benzene rings is 1. The van der Waals surface area contributed by atoms with E-state index in [-0.39, 0.29) is 11.6 Å². The van der Waals surface area contributed by atoms with Crippen molar-refractivity contribution < 1.29 is 9.72 Å². The Morgan fingerprint density at radius 3 is 2.90 bits per heavy atom. The van der Waals surface area contributed by atoms with Crippen LogP contribution in [0.25, 0.3) is 0 Å². The van der Waals surface area contributed by atoms with Gasteiger partial charge in [-0.2, -0.15) is 0 Å². The summed E-state index contributed by atoms with van der Waals surface area (Å²) in [6.07, 6.45) is 3.22. The lowest BCUT2D eigenvalue weighted by molar-refractivity contribution is -0.384. The molecule has 2 aliphatic rings. The predicted molar refractivity (Wildman–Crippen MR) is 73.7 cm³/mol. The third-order valence-electron chi connectivity index (χ3n) is 3.87. The highest BCUT2D eigenvalue weighted by molar-refractivity contribution is 5.97. The number of carbonyl (C=O) groups excluding carboxylic acids is 1. The third-order valence-corrected chi connectivity index (χ3v) is 3.87. The Labute approximate surface area is 116 Å². The molecule has 1 N–H and O–H groups in total. The Morgan fingerprint density at radius 2 is 2.20 bits per heavy atom. The first-order valence-corrected chi connectivity index (χ1v) is 6.95. The zero-order valence-corrected chi connectivity index (χ0v) is 11.2. The first-order valence-electron chi connectivity index (χ1n) is 6.95. The number of nitrogens with zero attached hydrogens (tertiary/aromatic N) is 2. The van der Waals surface area contributed by atoms with Crippen LogP contribution in [-0.4, -0.2) is 41.4 Å². The monoisotopic (exact) mass is 275 g/mol. The molecule has 0 radical (unpaired) electrons. The van der Waals surface area contributed by atoms with Crippen LogP contribution in [0.2, 0.25) is 0 Å². The Bertz CT molecular complexity index is 555. The van der Waals surface area contributed by atoms with Gasteiger partial charge in [-0.3, -0.25) is 14.9 Å². The molecule has 1 aliphatic carbocycles. The van der Waals surface area contributed by atoms with E-state index in [0.29, 0.717) is 24.7 Å². The van der Waals surface area contributed by atoms with Crippen molar-refractivity contribution in [1.82, 2.24) is 10.2 Å². The highest BCUT2D eigenvalue weighted by atomic mass is 16.6. The van der Waals surface area contributed by atoms with Gasteiger partial charge >= 0.3 is 0 Å². The largest absolute Gasteiger partial charge is 0.337 e. The van der Waals surface area contributed by atoms with Crippen LogP contribution in [0.1, 0.15) is 28.8 Å². The van der Waals surface area contributed by atoms with Gasteiger partial charge in [0.15, 0.2) is 0 Å². The molecule has 1 fully saturated rings. The van der Waals surface area contributed by atoms with E-state index < -0.39 is 4.92 Å². The van der Waals surface area contributed by atoms with Crippen LogP contribution in [0.4, 0.5) is 5.69 Å².